The third-order valence-electron chi connectivity index (χ3n) is 3.22. The average molecular weight is 255 g/mol. The Labute approximate surface area is 115 Å². The molecule has 0 amide bonds. The lowest BCUT2D eigenvalue weighted by Gasteiger charge is -2.12. The van der Waals surface area contributed by atoms with E-state index in [1.54, 1.807) is 0 Å². The van der Waals surface area contributed by atoms with E-state index >= 15 is 0 Å². The van der Waals surface area contributed by atoms with Crippen LogP contribution >= 0.6 is 0 Å². The van der Waals surface area contributed by atoms with Gasteiger partial charge in [-0.05, 0) is 36.6 Å². The van der Waals surface area contributed by atoms with Crippen molar-refractivity contribution in [2.45, 2.75) is 26.3 Å². The molecule has 0 radical (unpaired) electrons. The van der Waals surface area contributed by atoms with Crippen LogP contribution in [0.2, 0.25) is 0 Å². The molecule has 2 aromatic carbocycles. The Bertz CT molecular complexity index is 520. The highest BCUT2D eigenvalue weighted by Crippen LogP contribution is 2.22. The van der Waals surface area contributed by atoms with Crippen molar-refractivity contribution in [3.05, 3.63) is 65.2 Å². The third-order valence-corrected chi connectivity index (χ3v) is 3.22. The maximum Gasteiger partial charge on any atom is 0.122 e. The second-order valence-corrected chi connectivity index (χ2v) is 4.90. The quantitative estimate of drug-likeness (QED) is 0.885. The van der Waals surface area contributed by atoms with Crippen LogP contribution in [-0.4, -0.2) is 6.61 Å². The maximum atomic E-state index is 5.87. The second-order valence-electron chi connectivity index (χ2n) is 4.90. The minimum Gasteiger partial charge on any atom is -0.493 e. The summed E-state index contributed by atoms with van der Waals surface area (Å²) in [4.78, 5) is 0. The van der Waals surface area contributed by atoms with Gasteiger partial charge in [0.15, 0.2) is 0 Å². The SMILES string of the molecule is Cc1cc([C@H](C)N)ccc1OCCc1ccccc1. The van der Waals surface area contributed by atoms with E-state index in [-0.39, 0.29) is 6.04 Å². The van der Waals surface area contributed by atoms with Crippen LogP contribution in [0.3, 0.4) is 0 Å². The zero-order valence-electron chi connectivity index (χ0n) is 11.6. The summed E-state index contributed by atoms with van der Waals surface area (Å²) in [5.74, 6) is 0.945. The van der Waals surface area contributed by atoms with Gasteiger partial charge in [-0.15, -0.1) is 0 Å². The topological polar surface area (TPSA) is 35.2 Å². The summed E-state index contributed by atoms with van der Waals surface area (Å²) >= 11 is 0. The summed E-state index contributed by atoms with van der Waals surface area (Å²) in [5.41, 5.74) is 9.45. The van der Waals surface area contributed by atoms with Crippen molar-refractivity contribution in [1.82, 2.24) is 0 Å². The Hall–Kier alpha value is -1.80. The molecule has 2 rings (SSSR count). The van der Waals surface area contributed by atoms with Gasteiger partial charge in [-0.25, -0.2) is 0 Å². The molecule has 2 heteroatoms. The van der Waals surface area contributed by atoms with Gasteiger partial charge in [0, 0.05) is 12.5 Å². The van der Waals surface area contributed by atoms with Crippen molar-refractivity contribution in [2.75, 3.05) is 6.61 Å². The number of hydrogen-bond donors (Lipinski definition) is 1. The number of nitrogens with two attached hydrogens (primary N) is 1. The van der Waals surface area contributed by atoms with Crippen molar-refractivity contribution in [2.24, 2.45) is 5.73 Å². The Balaban J connectivity index is 1.93. The molecule has 0 heterocycles. The molecule has 0 aliphatic rings. The van der Waals surface area contributed by atoms with Crippen molar-refractivity contribution >= 4 is 0 Å². The zero-order chi connectivity index (χ0) is 13.7. The third kappa shape index (κ3) is 3.83. The van der Waals surface area contributed by atoms with Gasteiger partial charge in [-0.1, -0.05) is 42.5 Å². The van der Waals surface area contributed by atoms with Crippen molar-refractivity contribution < 1.29 is 4.74 Å². The van der Waals surface area contributed by atoms with Gasteiger partial charge in [-0.3, -0.25) is 0 Å². The van der Waals surface area contributed by atoms with Crippen LogP contribution in [0.15, 0.2) is 48.5 Å². The predicted molar refractivity (Wildman–Crippen MR) is 79.4 cm³/mol. The maximum absolute atomic E-state index is 5.87. The molecule has 19 heavy (non-hydrogen) atoms. The first-order chi connectivity index (χ1) is 9.16. The lowest BCUT2D eigenvalue weighted by molar-refractivity contribution is 0.319. The van der Waals surface area contributed by atoms with Gasteiger partial charge >= 0.3 is 0 Å². The smallest absolute Gasteiger partial charge is 0.122 e. The summed E-state index contributed by atoms with van der Waals surface area (Å²) in [7, 11) is 0. The van der Waals surface area contributed by atoms with Crippen molar-refractivity contribution in [3.8, 4) is 5.75 Å². The lowest BCUT2D eigenvalue weighted by atomic mass is 10.1. The van der Waals surface area contributed by atoms with Gasteiger partial charge in [0.1, 0.15) is 5.75 Å². The number of ether oxygens (including phenoxy) is 1. The summed E-state index contributed by atoms with van der Waals surface area (Å²) in [5, 5.41) is 0. The Kier molecular flexibility index (Phi) is 4.58. The molecule has 0 saturated carbocycles. The highest BCUT2D eigenvalue weighted by molar-refractivity contribution is 5.37. The first-order valence-corrected chi connectivity index (χ1v) is 6.69. The van der Waals surface area contributed by atoms with E-state index in [9.17, 15) is 0 Å². The minimum atomic E-state index is 0.0667. The standard InChI is InChI=1S/C17H21NO/c1-13-12-16(14(2)18)8-9-17(13)19-11-10-15-6-4-3-5-7-15/h3-9,12,14H,10-11,18H2,1-2H3/t14-/m0/s1. The number of aryl methyl sites for hydroxylation is 1. The van der Waals surface area contributed by atoms with E-state index in [1.165, 1.54) is 5.56 Å². The van der Waals surface area contributed by atoms with Gasteiger partial charge in [0.05, 0.1) is 6.61 Å². The van der Waals surface area contributed by atoms with E-state index in [0.717, 1.165) is 23.3 Å². The first-order valence-electron chi connectivity index (χ1n) is 6.69. The number of rotatable bonds is 5. The molecule has 0 unspecified atom stereocenters. The molecule has 2 nitrogen and oxygen atoms in total. The minimum absolute atomic E-state index is 0.0667. The van der Waals surface area contributed by atoms with Gasteiger partial charge < -0.3 is 10.5 Å². The molecular formula is C17H21NO. The fourth-order valence-electron chi connectivity index (χ4n) is 2.04. The summed E-state index contributed by atoms with van der Waals surface area (Å²) in [6.07, 6.45) is 0.926. The van der Waals surface area contributed by atoms with E-state index in [1.807, 2.05) is 25.1 Å². The van der Waals surface area contributed by atoms with Crippen LogP contribution in [0.5, 0.6) is 5.75 Å². The second kappa shape index (κ2) is 6.39. The van der Waals surface area contributed by atoms with Crippen LogP contribution in [0.1, 0.15) is 29.7 Å². The van der Waals surface area contributed by atoms with Gasteiger partial charge in [-0.2, -0.15) is 0 Å². The summed E-state index contributed by atoms with van der Waals surface area (Å²) < 4.78 is 5.83. The number of hydrogen-bond acceptors (Lipinski definition) is 2. The van der Waals surface area contributed by atoms with Gasteiger partial charge in [0.2, 0.25) is 0 Å². The zero-order valence-corrected chi connectivity index (χ0v) is 11.6. The molecule has 0 aliphatic heterocycles. The summed E-state index contributed by atoms with van der Waals surface area (Å²) in [6.45, 7) is 4.75. The highest BCUT2D eigenvalue weighted by atomic mass is 16.5. The fraction of sp³-hybridized carbons (Fsp3) is 0.294. The van der Waals surface area contributed by atoms with E-state index in [4.69, 9.17) is 10.5 Å². The Morgan fingerprint density at radius 3 is 2.47 bits per heavy atom. The Morgan fingerprint density at radius 1 is 1.11 bits per heavy atom. The van der Waals surface area contributed by atoms with Crippen molar-refractivity contribution in [3.63, 3.8) is 0 Å². The summed E-state index contributed by atoms with van der Waals surface area (Å²) in [6, 6.07) is 16.6. The monoisotopic (exact) mass is 255 g/mol. The van der Waals surface area contributed by atoms with Gasteiger partial charge in [0.25, 0.3) is 0 Å². The highest BCUT2D eigenvalue weighted by Gasteiger charge is 2.04. The predicted octanol–water partition coefficient (Wildman–Crippen LogP) is 3.64. The first kappa shape index (κ1) is 13.6. The molecule has 0 fully saturated rings. The van der Waals surface area contributed by atoms with Crippen LogP contribution in [-0.2, 0) is 6.42 Å². The largest absolute Gasteiger partial charge is 0.493 e. The lowest BCUT2D eigenvalue weighted by Crippen LogP contribution is -2.06. The molecule has 0 aliphatic carbocycles. The Morgan fingerprint density at radius 2 is 1.84 bits per heavy atom. The molecule has 0 spiro atoms. The van der Waals surface area contributed by atoms with Crippen molar-refractivity contribution in [1.29, 1.82) is 0 Å². The van der Waals surface area contributed by atoms with Crippen LogP contribution in [0.25, 0.3) is 0 Å². The molecule has 0 bridgehead atoms. The molecule has 2 N–H and O–H groups in total. The van der Waals surface area contributed by atoms with Crippen LogP contribution in [0.4, 0.5) is 0 Å². The average Bonchev–Trinajstić information content (AvgIpc) is 2.41. The fourth-order valence-corrected chi connectivity index (χ4v) is 2.04. The molecule has 0 saturated heterocycles. The van der Waals surface area contributed by atoms with E-state index in [2.05, 4.69) is 37.3 Å². The number of benzene rings is 2. The molecule has 0 aromatic heterocycles. The van der Waals surface area contributed by atoms with Crippen LogP contribution < -0.4 is 10.5 Å². The normalized spacial score (nSPS) is 12.2. The molecule has 2 aromatic rings. The van der Waals surface area contributed by atoms with E-state index < -0.39 is 0 Å². The van der Waals surface area contributed by atoms with Crippen LogP contribution in [0, 0.1) is 6.92 Å². The molecule has 100 valence electrons. The van der Waals surface area contributed by atoms with E-state index in [0.29, 0.717) is 6.61 Å². The molecule has 1 atom stereocenters. The molecular weight excluding hydrogens is 234 g/mol.